The van der Waals surface area contributed by atoms with Crippen LogP contribution in [-0.4, -0.2) is 35.8 Å². The van der Waals surface area contributed by atoms with Gasteiger partial charge in [0.15, 0.2) is 0 Å². The van der Waals surface area contributed by atoms with Crippen molar-refractivity contribution >= 4 is 68.0 Å². The van der Waals surface area contributed by atoms with Gasteiger partial charge in [-0.05, 0) is 32.9 Å². The Hall–Kier alpha value is -1.01. The highest BCUT2D eigenvalue weighted by Gasteiger charge is 2.24. The maximum Gasteiger partial charge on any atom is 0.265 e. The average Bonchev–Trinajstić information content (AvgIpc) is 2.80. The second kappa shape index (κ2) is 7.91. The first-order valence-electron chi connectivity index (χ1n) is 7.40. The van der Waals surface area contributed by atoms with Crippen LogP contribution in [0.25, 0.3) is 10.1 Å². The molecule has 1 aromatic heterocycles. The zero-order chi connectivity index (χ0) is 18.0. The van der Waals surface area contributed by atoms with Crippen LogP contribution in [0.2, 0.25) is 15.1 Å². The molecule has 1 aromatic carbocycles. The quantitative estimate of drug-likeness (QED) is 0.770. The summed E-state index contributed by atoms with van der Waals surface area (Å²) in [4.78, 5) is 26.5. The molecule has 1 N–H and O–H groups in total. The van der Waals surface area contributed by atoms with Crippen LogP contribution in [-0.2, 0) is 4.79 Å². The molecular formula is C16H17Cl3N2O2S. The molecule has 0 aliphatic carbocycles. The lowest BCUT2D eigenvalue weighted by atomic mass is 10.2. The van der Waals surface area contributed by atoms with Gasteiger partial charge in [0.2, 0.25) is 5.91 Å². The normalized spacial score (nSPS) is 11.1. The van der Waals surface area contributed by atoms with E-state index in [1.165, 1.54) is 16.2 Å². The Morgan fingerprint density at radius 2 is 1.92 bits per heavy atom. The molecule has 0 unspecified atom stereocenters. The number of halogens is 3. The molecule has 24 heavy (non-hydrogen) atoms. The first-order valence-corrected chi connectivity index (χ1v) is 9.35. The van der Waals surface area contributed by atoms with Crippen LogP contribution in [0.3, 0.4) is 0 Å². The molecule has 8 heteroatoms. The van der Waals surface area contributed by atoms with Crippen molar-refractivity contribution in [1.82, 2.24) is 10.2 Å². The summed E-state index contributed by atoms with van der Waals surface area (Å²) in [5, 5.41) is 4.56. The molecule has 2 amide bonds. The molecule has 0 aliphatic rings. The highest BCUT2D eigenvalue weighted by Crippen LogP contribution is 2.41. The van der Waals surface area contributed by atoms with Crippen molar-refractivity contribution in [3.05, 3.63) is 32.1 Å². The van der Waals surface area contributed by atoms with Crippen LogP contribution in [0, 0.1) is 0 Å². The minimum Gasteiger partial charge on any atom is -0.352 e. The number of likely N-dealkylation sites (N-methyl/N-ethyl adjacent to an activating group) is 1. The fourth-order valence-corrected chi connectivity index (χ4v) is 4.60. The smallest absolute Gasteiger partial charge is 0.265 e. The standard InChI is InChI=1S/C16H17Cl3N2O2S/c1-4-21(7-12(22)20-8(2)3)16(23)15-14(19)13-10(18)5-9(17)6-11(13)24-15/h5-6,8H,4,7H2,1-3H3,(H,20,22). The van der Waals surface area contributed by atoms with Gasteiger partial charge < -0.3 is 10.2 Å². The van der Waals surface area contributed by atoms with Gasteiger partial charge in [-0.3, -0.25) is 9.59 Å². The lowest BCUT2D eigenvalue weighted by Gasteiger charge is -2.20. The third kappa shape index (κ3) is 4.14. The molecule has 0 spiro atoms. The summed E-state index contributed by atoms with van der Waals surface area (Å²) < 4.78 is 0.739. The Morgan fingerprint density at radius 1 is 1.25 bits per heavy atom. The van der Waals surface area contributed by atoms with Crippen LogP contribution in [0.15, 0.2) is 12.1 Å². The van der Waals surface area contributed by atoms with Crippen molar-refractivity contribution in [2.24, 2.45) is 0 Å². The molecule has 0 saturated heterocycles. The van der Waals surface area contributed by atoms with Gasteiger partial charge >= 0.3 is 0 Å². The number of nitrogens with one attached hydrogen (secondary N) is 1. The molecule has 2 rings (SSSR count). The number of amides is 2. The number of thiophene rings is 1. The van der Waals surface area contributed by atoms with Gasteiger partial charge in [-0.25, -0.2) is 0 Å². The molecule has 0 atom stereocenters. The van der Waals surface area contributed by atoms with Gasteiger partial charge in [-0.2, -0.15) is 0 Å². The molecule has 0 saturated carbocycles. The van der Waals surface area contributed by atoms with Crippen LogP contribution in [0.5, 0.6) is 0 Å². The summed E-state index contributed by atoms with van der Waals surface area (Å²) >= 11 is 19.8. The number of rotatable bonds is 5. The van der Waals surface area contributed by atoms with Crippen LogP contribution < -0.4 is 5.32 Å². The Morgan fingerprint density at radius 3 is 2.50 bits per heavy atom. The Bertz CT molecular complexity index is 789. The number of hydrogen-bond donors (Lipinski definition) is 1. The van der Waals surface area contributed by atoms with E-state index < -0.39 is 0 Å². The molecule has 0 fully saturated rings. The number of nitrogens with zero attached hydrogens (tertiary/aromatic N) is 1. The van der Waals surface area contributed by atoms with Gasteiger partial charge in [0.1, 0.15) is 4.88 Å². The number of fused-ring (bicyclic) bond motifs is 1. The van der Waals surface area contributed by atoms with E-state index in [-0.39, 0.29) is 24.4 Å². The van der Waals surface area contributed by atoms with Crippen molar-refractivity contribution < 1.29 is 9.59 Å². The summed E-state index contributed by atoms with van der Waals surface area (Å²) in [6.45, 7) is 5.91. The highest BCUT2D eigenvalue weighted by molar-refractivity contribution is 7.21. The fourth-order valence-electron chi connectivity index (χ4n) is 2.26. The Kier molecular flexibility index (Phi) is 6.37. The Labute approximate surface area is 159 Å². The predicted octanol–water partition coefficient (Wildman–Crippen LogP) is 4.85. The first-order chi connectivity index (χ1) is 11.2. The largest absolute Gasteiger partial charge is 0.352 e. The van der Waals surface area contributed by atoms with Crippen molar-refractivity contribution in [2.75, 3.05) is 13.1 Å². The van der Waals surface area contributed by atoms with Gasteiger partial charge in [0.05, 0.1) is 16.6 Å². The molecule has 0 radical (unpaired) electrons. The van der Waals surface area contributed by atoms with E-state index in [2.05, 4.69) is 5.32 Å². The molecule has 130 valence electrons. The van der Waals surface area contributed by atoms with E-state index in [1.807, 2.05) is 20.8 Å². The number of benzene rings is 1. The van der Waals surface area contributed by atoms with Gasteiger partial charge in [-0.15, -0.1) is 11.3 Å². The lowest BCUT2D eigenvalue weighted by molar-refractivity contribution is -0.122. The van der Waals surface area contributed by atoms with Crippen molar-refractivity contribution in [2.45, 2.75) is 26.8 Å². The third-order valence-electron chi connectivity index (χ3n) is 3.30. The van der Waals surface area contributed by atoms with Crippen molar-refractivity contribution in [3.8, 4) is 0 Å². The van der Waals surface area contributed by atoms with Crippen molar-refractivity contribution in [1.29, 1.82) is 0 Å². The van der Waals surface area contributed by atoms with E-state index in [0.717, 1.165) is 4.70 Å². The monoisotopic (exact) mass is 406 g/mol. The number of hydrogen-bond acceptors (Lipinski definition) is 3. The Balaban J connectivity index is 2.34. The van der Waals surface area contributed by atoms with Gasteiger partial charge in [-0.1, -0.05) is 34.8 Å². The second-order valence-corrected chi connectivity index (χ2v) is 7.82. The van der Waals surface area contributed by atoms with E-state index in [1.54, 1.807) is 12.1 Å². The van der Waals surface area contributed by atoms with E-state index in [0.29, 0.717) is 31.9 Å². The summed E-state index contributed by atoms with van der Waals surface area (Å²) in [7, 11) is 0. The van der Waals surface area contributed by atoms with E-state index >= 15 is 0 Å². The molecule has 1 heterocycles. The number of carbonyl (C=O) groups excluding carboxylic acids is 2. The lowest BCUT2D eigenvalue weighted by Crippen LogP contribution is -2.42. The van der Waals surface area contributed by atoms with E-state index in [4.69, 9.17) is 34.8 Å². The van der Waals surface area contributed by atoms with Crippen LogP contribution in [0.1, 0.15) is 30.4 Å². The summed E-state index contributed by atoms with van der Waals surface area (Å²) in [5.41, 5.74) is 0. The maximum atomic E-state index is 12.8. The van der Waals surface area contributed by atoms with E-state index in [9.17, 15) is 9.59 Å². The third-order valence-corrected chi connectivity index (χ3v) is 5.43. The molecule has 4 nitrogen and oxygen atoms in total. The molecule has 0 bridgehead atoms. The number of carbonyl (C=O) groups is 2. The topological polar surface area (TPSA) is 49.4 Å². The maximum absolute atomic E-state index is 12.8. The van der Waals surface area contributed by atoms with Crippen molar-refractivity contribution in [3.63, 3.8) is 0 Å². The van der Waals surface area contributed by atoms with Crippen LogP contribution >= 0.6 is 46.1 Å². The highest BCUT2D eigenvalue weighted by atomic mass is 35.5. The minimum absolute atomic E-state index is 0.0140. The molecule has 2 aromatic rings. The van der Waals surface area contributed by atoms with Gasteiger partial charge in [0.25, 0.3) is 5.91 Å². The van der Waals surface area contributed by atoms with Gasteiger partial charge in [0, 0.05) is 27.7 Å². The minimum atomic E-state index is -0.296. The summed E-state index contributed by atoms with van der Waals surface area (Å²) in [6.07, 6.45) is 0. The average molecular weight is 408 g/mol. The fraction of sp³-hybridized carbons (Fsp3) is 0.375. The first kappa shape index (κ1) is 19.3. The second-order valence-electron chi connectivity index (χ2n) is 5.55. The summed E-state index contributed by atoms with van der Waals surface area (Å²) in [5.74, 6) is -0.506. The van der Waals surface area contributed by atoms with Crippen LogP contribution in [0.4, 0.5) is 0 Å². The molecular weight excluding hydrogens is 391 g/mol. The zero-order valence-corrected chi connectivity index (χ0v) is 16.5. The SMILES string of the molecule is CCN(CC(=O)NC(C)C)C(=O)c1sc2cc(Cl)cc(Cl)c2c1Cl. The molecule has 0 aliphatic heterocycles. The zero-order valence-electron chi connectivity index (χ0n) is 13.5. The predicted molar refractivity (Wildman–Crippen MR) is 102 cm³/mol. The summed E-state index contributed by atoms with van der Waals surface area (Å²) in [6, 6.07) is 3.32.